The Hall–Kier alpha value is -2.80. The zero-order valence-electron chi connectivity index (χ0n) is 21.0. The smallest absolute Gasteiger partial charge is 0.157 e. The number of aromatic nitrogens is 1. The van der Waals surface area contributed by atoms with Crippen LogP contribution in [0.25, 0.3) is 28.1 Å². The molecule has 1 saturated heterocycles. The molecule has 0 amide bonds. The van der Waals surface area contributed by atoms with Gasteiger partial charge in [0.25, 0.3) is 0 Å². The number of rotatable bonds is 9. The molecule has 1 fully saturated rings. The lowest BCUT2D eigenvalue weighted by Gasteiger charge is -2.30. The zero-order valence-corrected chi connectivity index (χ0v) is 21.8. The van der Waals surface area contributed by atoms with Crippen molar-refractivity contribution >= 4 is 34.5 Å². The highest BCUT2D eigenvalue weighted by atomic mass is 32.2. The molecule has 8 heteroatoms. The normalized spacial score (nSPS) is 20.4. The van der Waals surface area contributed by atoms with Crippen molar-refractivity contribution in [3.63, 3.8) is 0 Å². The van der Waals surface area contributed by atoms with Crippen LogP contribution in [0.4, 0.5) is 5.69 Å². The Morgan fingerprint density at radius 3 is 2.61 bits per heavy atom. The number of anilines is 1. The maximum absolute atomic E-state index is 9.80. The Labute approximate surface area is 217 Å². The molecular weight excluding hydrogens is 472 g/mol. The van der Waals surface area contributed by atoms with Gasteiger partial charge in [-0.05, 0) is 78.5 Å². The molecule has 2 heterocycles. The molecule has 7 nitrogen and oxygen atoms in total. The van der Waals surface area contributed by atoms with E-state index < -0.39 is 12.4 Å². The van der Waals surface area contributed by atoms with Crippen LogP contribution in [0, 0.1) is 11.3 Å². The van der Waals surface area contributed by atoms with E-state index in [9.17, 15) is 15.5 Å². The lowest BCUT2D eigenvalue weighted by Crippen LogP contribution is -2.39. The molecule has 0 radical (unpaired) electrons. The highest BCUT2D eigenvalue weighted by molar-refractivity contribution is 8.01. The number of aliphatic hydroxyl groups is 2. The van der Waals surface area contributed by atoms with Gasteiger partial charge in [-0.3, -0.25) is 4.72 Å². The van der Waals surface area contributed by atoms with Crippen molar-refractivity contribution in [3.8, 4) is 17.3 Å². The van der Waals surface area contributed by atoms with E-state index in [2.05, 4.69) is 76.6 Å². The van der Waals surface area contributed by atoms with Crippen LogP contribution in [0.1, 0.15) is 32.4 Å². The molecular formula is C28H34N4O3S. The van der Waals surface area contributed by atoms with Gasteiger partial charge in [0.15, 0.2) is 6.29 Å². The number of aliphatic hydroxyl groups excluding tert-OH is 2. The van der Waals surface area contributed by atoms with Crippen LogP contribution in [-0.4, -0.2) is 52.9 Å². The Kier molecular flexibility index (Phi) is 8.72. The van der Waals surface area contributed by atoms with Gasteiger partial charge in [0, 0.05) is 56.6 Å². The van der Waals surface area contributed by atoms with Gasteiger partial charge >= 0.3 is 0 Å². The van der Waals surface area contributed by atoms with E-state index in [-0.39, 0.29) is 12.5 Å². The number of ether oxygens (including phenoxy) is 1. The molecule has 1 aliphatic heterocycles. The van der Waals surface area contributed by atoms with Gasteiger partial charge in [0.2, 0.25) is 0 Å². The van der Waals surface area contributed by atoms with Crippen molar-refractivity contribution in [2.24, 2.45) is 7.05 Å². The standard InChI is InChI=1S/C28H34N4O3S/c1-4-32(5-2)23-9-8-19-12-21(7-6-20(19)13-23)27-11-10-22(31(27)3)14-26(17-29)36-30-18-25-15-24(33)16-28(34)35-25/h6-14,24-25,28,30,33-34H,4-5,15-16,18H2,1-3H3/b26-14+. The maximum Gasteiger partial charge on any atom is 0.157 e. The largest absolute Gasteiger partial charge is 0.393 e. The molecule has 3 N–H and O–H groups in total. The lowest BCUT2D eigenvalue weighted by atomic mass is 10.0. The van der Waals surface area contributed by atoms with Gasteiger partial charge in [-0.15, -0.1) is 0 Å². The van der Waals surface area contributed by atoms with E-state index in [0.29, 0.717) is 17.9 Å². The molecule has 4 rings (SSSR count). The molecule has 3 unspecified atom stereocenters. The predicted molar refractivity (Wildman–Crippen MR) is 147 cm³/mol. The number of allylic oxidation sites excluding steroid dienone is 1. The molecule has 2 aromatic carbocycles. The molecule has 190 valence electrons. The summed E-state index contributed by atoms with van der Waals surface area (Å²) in [6.07, 6.45) is 0.728. The van der Waals surface area contributed by atoms with Crippen molar-refractivity contribution < 1.29 is 14.9 Å². The highest BCUT2D eigenvalue weighted by Crippen LogP contribution is 2.29. The summed E-state index contributed by atoms with van der Waals surface area (Å²) in [5, 5.41) is 31.5. The first-order valence-electron chi connectivity index (χ1n) is 12.4. The SMILES string of the molecule is CCN(CC)c1ccc2cc(-c3ccc(/C=C(\C#N)SNCC4CC(O)CC(O)O4)n3C)ccc2c1. The summed E-state index contributed by atoms with van der Waals surface area (Å²) in [4.78, 5) is 2.86. The quantitative estimate of drug-likeness (QED) is 0.287. The van der Waals surface area contributed by atoms with Gasteiger partial charge in [-0.2, -0.15) is 5.26 Å². The summed E-state index contributed by atoms with van der Waals surface area (Å²) >= 11 is 1.22. The first kappa shape index (κ1) is 26.3. The second-order valence-electron chi connectivity index (χ2n) is 9.03. The summed E-state index contributed by atoms with van der Waals surface area (Å²) < 4.78 is 10.6. The minimum absolute atomic E-state index is 0.234. The van der Waals surface area contributed by atoms with E-state index >= 15 is 0 Å². The molecule has 3 atom stereocenters. The fourth-order valence-electron chi connectivity index (χ4n) is 4.67. The number of benzene rings is 2. The van der Waals surface area contributed by atoms with E-state index in [4.69, 9.17) is 4.74 Å². The Morgan fingerprint density at radius 1 is 1.14 bits per heavy atom. The van der Waals surface area contributed by atoms with Crippen molar-refractivity contribution in [1.29, 1.82) is 5.26 Å². The van der Waals surface area contributed by atoms with Crippen LogP contribution >= 0.6 is 11.9 Å². The van der Waals surface area contributed by atoms with E-state index in [1.54, 1.807) is 0 Å². The van der Waals surface area contributed by atoms with Gasteiger partial charge in [0.1, 0.15) is 11.0 Å². The molecule has 1 aromatic heterocycles. The topological polar surface area (TPSA) is 93.7 Å². The van der Waals surface area contributed by atoms with Crippen LogP contribution < -0.4 is 9.62 Å². The van der Waals surface area contributed by atoms with Gasteiger partial charge < -0.3 is 24.4 Å². The van der Waals surface area contributed by atoms with E-state index in [0.717, 1.165) is 30.0 Å². The first-order valence-corrected chi connectivity index (χ1v) is 13.2. The van der Waals surface area contributed by atoms with Gasteiger partial charge in [0.05, 0.1) is 12.2 Å². The molecule has 1 aliphatic rings. The third-order valence-electron chi connectivity index (χ3n) is 6.65. The van der Waals surface area contributed by atoms with Crippen molar-refractivity contribution in [3.05, 3.63) is 59.1 Å². The Morgan fingerprint density at radius 2 is 1.89 bits per heavy atom. The Balaban J connectivity index is 1.46. The second-order valence-corrected chi connectivity index (χ2v) is 9.96. The molecule has 0 spiro atoms. The van der Waals surface area contributed by atoms with Crippen LogP contribution in [0.2, 0.25) is 0 Å². The second kappa shape index (κ2) is 12.0. The van der Waals surface area contributed by atoms with Crippen molar-refractivity contribution in [2.45, 2.75) is 45.2 Å². The number of nitrogens with zero attached hydrogens (tertiary/aromatic N) is 3. The van der Waals surface area contributed by atoms with Crippen LogP contribution in [0.15, 0.2) is 53.4 Å². The summed E-state index contributed by atoms with van der Waals surface area (Å²) in [7, 11) is 2.00. The minimum Gasteiger partial charge on any atom is -0.393 e. The number of nitrogens with one attached hydrogen (secondary N) is 1. The number of fused-ring (bicyclic) bond motifs is 1. The lowest BCUT2D eigenvalue weighted by molar-refractivity contribution is -0.186. The van der Waals surface area contributed by atoms with Crippen LogP contribution in [0.3, 0.4) is 0 Å². The van der Waals surface area contributed by atoms with Gasteiger partial charge in [-0.1, -0.05) is 18.2 Å². The Bertz CT molecular complexity index is 1250. The molecule has 3 aromatic rings. The monoisotopic (exact) mass is 506 g/mol. The van der Waals surface area contributed by atoms with Crippen molar-refractivity contribution in [1.82, 2.24) is 9.29 Å². The first-order chi connectivity index (χ1) is 17.4. The van der Waals surface area contributed by atoms with E-state index in [1.807, 2.05) is 19.2 Å². The van der Waals surface area contributed by atoms with Crippen LogP contribution in [0.5, 0.6) is 0 Å². The zero-order chi connectivity index (χ0) is 25.7. The molecule has 0 aliphatic carbocycles. The molecule has 0 bridgehead atoms. The highest BCUT2D eigenvalue weighted by Gasteiger charge is 2.26. The number of hydrogen-bond donors (Lipinski definition) is 3. The molecule has 0 saturated carbocycles. The van der Waals surface area contributed by atoms with Crippen LogP contribution in [-0.2, 0) is 11.8 Å². The fraction of sp³-hybridized carbons (Fsp3) is 0.393. The summed E-state index contributed by atoms with van der Waals surface area (Å²) in [5.41, 5.74) is 4.36. The summed E-state index contributed by atoms with van der Waals surface area (Å²) in [6, 6.07) is 19.4. The van der Waals surface area contributed by atoms with Gasteiger partial charge in [-0.25, -0.2) is 0 Å². The third kappa shape index (κ3) is 6.12. The number of hydrogen-bond acceptors (Lipinski definition) is 7. The maximum atomic E-state index is 9.80. The average Bonchev–Trinajstić information content (AvgIpc) is 3.23. The molecule has 36 heavy (non-hydrogen) atoms. The summed E-state index contributed by atoms with van der Waals surface area (Å²) in [6.45, 7) is 6.74. The number of nitriles is 1. The fourth-order valence-corrected chi connectivity index (χ4v) is 5.32. The third-order valence-corrected chi connectivity index (χ3v) is 7.39. The average molecular weight is 507 g/mol. The summed E-state index contributed by atoms with van der Waals surface area (Å²) in [5.74, 6) is 0. The predicted octanol–water partition coefficient (Wildman–Crippen LogP) is 4.65. The minimum atomic E-state index is -0.946. The van der Waals surface area contributed by atoms with Crippen molar-refractivity contribution in [2.75, 3.05) is 24.5 Å². The van der Waals surface area contributed by atoms with E-state index in [1.165, 1.54) is 28.4 Å².